The number of hydrogen-bond acceptors (Lipinski definition) is 3. The zero-order valence-corrected chi connectivity index (χ0v) is 10.9. The highest BCUT2D eigenvalue weighted by molar-refractivity contribution is 5.96. The number of anilines is 1. The van der Waals surface area contributed by atoms with Crippen LogP contribution in [0.15, 0.2) is 18.2 Å². The Bertz CT molecular complexity index is 561. The monoisotopic (exact) mass is 246 g/mol. The molecule has 2 N–H and O–H groups in total. The first kappa shape index (κ1) is 12.6. The Kier molecular flexibility index (Phi) is 3.62. The van der Waals surface area contributed by atoms with Crippen molar-refractivity contribution < 1.29 is 4.79 Å². The third-order valence-electron chi connectivity index (χ3n) is 2.94. The van der Waals surface area contributed by atoms with Crippen LogP contribution >= 0.6 is 0 Å². The fourth-order valence-electron chi connectivity index (χ4n) is 1.84. The summed E-state index contributed by atoms with van der Waals surface area (Å²) in [7, 11) is 3.54. The number of nitrogens with one attached hydrogen (secondary N) is 2. The molecule has 0 aliphatic heterocycles. The smallest absolute Gasteiger partial charge is 0.240 e. The van der Waals surface area contributed by atoms with Gasteiger partial charge in [0.1, 0.15) is 5.82 Å². The lowest BCUT2D eigenvalue weighted by atomic mass is 10.2. The van der Waals surface area contributed by atoms with Crippen LogP contribution in [0, 0.1) is 0 Å². The van der Waals surface area contributed by atoms with Crippen LogP contribution in [0.1, 0.15) is 12.7 Å². The van der Waals surface area contributed by atoms with E-state index in [0.717, 1.165) is 29.0 Å². The highest BCUT2D eigenvalue weighted by Crippen LogP contribution is 2.20. The summed E-state index contributed by atoms with van der Waals surface area (Å²) in [6.45, 7) is 2.39. The van der Waals surface area contributed by atoms with Gasteiger partial charge in [-0.3, -0.25) is 4.79 Å². The van der Waals surface area contributed by atoms with Crippen LogP contribution in [0.2, 0.25) is 0 Å². The van der Waals surface area contributed by atoms with Crippen molar-refractivity contribution in [1.82, 2.24) is 15.3 Å². The van der Waals surface area contributed by atoms with Gasteiger partial charge >= 0.3 is 0 Å². The summed E-state index contributed by atoms with van der Waals surface area (Å²) in [6, 6.07) is 5.80. The molecular weight excluding hydrogens is 228 g/mol. The molecule has 1 amide bonds. The average Bonchev–Trinajstić information content (AvgIpc) is 2.79. The van der Waals surface area contributed by atoms with Crippen molar-refractivity contribution in [3.63, 3.8) is 0 Å². The third kappa shape index (κ3) is 2.36. The first-order valence-corrected chi connectivity index (χ1v) is 6.05. The van der Waals surface area contributed by atoms with E-state index < -0.39 is 0 Å². The number of aryl methyl sites for hydroxylation is 1. The normalized spacial score (nSPS) is 10.8. The molecule has 2 aromatic rings. The van der Waals surface area contributed by atoms with Gasteiger partial charge in [0.05, 0.1) is 17.6 Å². The van der Waals surface area contributed by atoms with Crippen LogP contribution in [0.25, 0.3) is 11.0 Å². The Balaban J connectivity index is 2.31. The molecule has 0 spiro atoms. The van der Waals surface area contributed by atoms with Crippen LogP contribution < -0.4 is 10.2 Å². The first-order valence-electron chi connectivity index (χ1n) is 6.05. The molecule has 0 aliphatic carbocycles. The van der Waals surface area contributed by atoms with Gasteiger partial charge in [0, 0.05) is 19.2 Å². The summed E-state index contributed by atoms with van der Waals surface area (Å²) in [6.07, 6.45) is 0.874. The molecule has 0 bridgehead atoms. The second-order valence-electron chi connectivity index (χ2n) is 4.22. The van der Waals surface area contributed by atoms with E-state index in [9.17, 15) is 4.79 Å². The Labute approximate surface area is 106 Å². The van der Waals surface area contributed by atoms with Gasteiger partial charge in [-0.15, -0.1) is 0 Å². The van der Waals surface area contributed by atoms with Crippen molar-refractivity contribution in [2.45, 2.75) is 13.3 Å². The fraction of sp³-hybridized carbons (Fsp3) is 0.385. The molecule has 5 nitrogen and oxygen atoms in total. The van der Waals surface area contributed by atoms with Gasteiger partial charge < -0.3 is 15.2 Å². The molecule has 0 saturated heterocycles. The molecule has 0 fully saturated rings. The number of likely N-dealkylation sites (N-methyl/N-ethyl adjacent to an activating group) is 2. The summed E-state index contributed by atoms with van der Waals surface area (Å²) in [5.74, 6) is 0.999. The molecule has 0 aliphatic rings. The lowest BCUT2D eigenvalue weighted by Gasteiger charge is -2.16. The zero-order chi connectivity index (χ0) is 13.1. The number of rotatable bonds is 4. The van der Waals surface area contributed by atoms with Crippen molar-refractivity contribution in [2.24, 2.45) is 0 Å². The summed E-state index contributed by atoms with van der Waals surface area (Å²) >= 11 is 0. The predicted octanol–water partition coefficient (Wildman–Crippen LogP) is 1.31. The summed E-state index contributed by atoms with van der Waals surface area (Å²) < 4.78 is 0. The molecule has 5 heteroatoms. The number of nitrogens with zero attached hydrogens (tertiary/aromatic N) is 2. The topological polar surface area (TPSA) is 61.0 Å². The number of aromatic nitrogens is 2. The molecule has 2 rings (SSSR count). The maximum absolute atomic E-state index is 11.8. The van der Waals surface area contributed by atoms with Crippen molar-refractivity contribution >= 4 is 22.6 Å². The van der Waals surface area contributed by atoms with Gasteiger partial charge in [0.15, 0.2) is 0 Å². The standard InChI is InChI=1S/C13H18N4O/c1-4-12-15-10-6-5-9(7-11(10)16-12)17(3)13(18)8-14-2/h5-7,14H,4,8H2,1-3H3,(H,15,16). The Morgan fingerprint density at radius 2 is 2.28 bits per heavy atom. The van der Waals surface area contributed by atoms with Gasteiger partial charge in [-0.05, 0) is 25.2 Å². The number of hydrogen-bond donors (Lipinski definition) is 2. The second kappa shape index (κ2) is 5.18. The van der Waals surface area contributed by atoms with Gasteiger partial charge in [-0.25, -0.2) is 4.98 Å². The van der Waals surface area contributed by atoms with Crippen LogP contribution in [0.3, 0.4) is 0 Å². The number of carbonyl (C=O) groups excluding carboxylic acids is 1. The third-order valence-corrected chi connectivity index (χ3v) is 2.94. The lowest BCUT2D eigenvalue weighted by molar-refractivity contribution is -0.117. The van der Waals surface area contributed by atoms with Crippen LogP contribution in [-0.4, -0.2) is 36.5 Å². The summed E-state index contributed by atoms with van der Waals surface area (Å²) in [5.41, 5.74) is 2.77. The van der Waals surface area contributed by atoms with E-state index in [1.807, 2.05) is 18.2 Å². The second-order valence-corrected chi connectivity index (χ2v) is 4.22. The van der Waals surface area contributed by atoms with Crippen LogP contribution in [0.4, 0.5) is 5.69 Å². The van der Waals surface area contributed by atoms with Gasteiger partial charge in [0.25, 0.3) is 0 Å². The molecule has 0 saturated carbocycles. The quantitative estimate of drug-likeness (QED) is 0.855. The number of aromatic amines is 1. The number of carbonyl (C=O) groups is 1. The van der Waals surface area contributed by atoms with E-state index in [1.165, 1.54) is 0 Å². The number of fused-ring (bicyclic) bond motifs is 1. The molecule has 1 aromatic carbocycles. The Hall–Kier alpha value is -1.88. The zero-order valence-electron chi connectivity index (χ0n) is 10.9. The minimum absolute atomic E-state index is 0.0343. The van der Waals surface area contributed by atoms with Gasteiger partial charge in [0.2, 0.25) is 5.91 Å². The van der Waals surface area contributed by atoms with E-state index in [4.69, 9.17) is 0 Å². The molecular formula is C13H18N4O. The molecule has 96 valence electrons. The maximum atomic E-state index is 11.8. The predicted molar refractivity (Wildman–Crippen MR) is 72.8 cm³/mol. The maximum Gasteiger partial charge on any atom is 0.240 e. The SMILES string of the molecule is CCc1nc2ccc(N(C)C(=O)CNC)cc2[nH]1. The Morgan fingerprint density at radius 3 is 2.94 bits per heavy atom. The summed E-state index contributed by atoms with van der Waals surface area (Å²) in [4.78, 5) is 21.1. The number of benzene rings is 1. The van der Waals surface area contributed by atoms with E-state index in [0.29, 0.717) is 6.54 Å². The van der Waals surface area contributed by atoms with E-state index in [2.05, 4.69) is 22.2 Å². The number of imidazole rings is 1. The molecule has 0 radical (unpaired) electrons. The van der Waals surface area contributed by atoms with Crippen LogP contribution in [0.5, 0.6) is 0 Å². The van der Waals surface area contributed by atoms with E-state index in [-0.39, 0.29) is 5.91 Å². The number of H-pyrrole nitrogens is 1. The highest BCUT2D eigenvalue weighted by atomic mass is 16.2. The molecule has 1 aromatic heterocycles. The highest BCUT2D eigenvalue weighted by Gasteiger charge is 2.11. The van der Waals surface area contributed by atoms with Crippen molar-refractivity contribution in [2.75, 3.05) is 25.5 Å². The molecule has 18 heavy (non-hydrogen) atoms. The fourth-order valence-corrected chi connectivity index (χ4v) is 1.84. The minimum atomic E-state index is 0.0343. The van der Waals surface area contributed by atoms with Crippen LogP contribution in [-0.2, 0) is 11.2 Å². The van der Waals surface area contributed by atoms with Crippen molar-refractivity contribution in [1.29, 1.82) is 0 Å². The molecule has 0 unspecified atom stereocenters. The average molecular weight is 246 g/mol. The van der Waals surface area contributed by atoms with Gasteiger partial charge in [-0.2, -0.15) is 0 Å². The largest absolute Gasteiger partial charge is 0.342 e. The minimum Gasteiger partial charge on any atom is -0.342 e. The lowest BCUT2D eigenvalue weighted by Crippen LogP contribution is -2.34. The van der Waals surface area contributed by atoms with Crippen molar-refractivity contribution in [3.8, 4) is 0 Å². The van der Waals surface area contributed by atoms with E-state index >= 15 is 0 Å². The molecule has 1 heterocycles. The number of amides is 1. The van der Waals surface area contributed by atoms with E-state index in [1.54, 1.807) is 19.0 Å². The van der Waals surface area contributed by atoms with Crippen molar-refractivity contribution in [3.05, 3.63) is 24.0 Å². The van der Waals surface area contributed by atoms with Gasteiger partial charge in [-0.1, -0.05) is 6.92 Å². The molecule has 0 atom stereocenters. The Morgan fingerprint density at radius 1 is 1.50 bits per heavy atom. The first-order chi connectivity index (χ1) is 8.65. The summed E-state index contributed by atoms with van der Waals surface area (Å²) in [5, 5.41) is 2.86.